The topological polar surface area (TPSA) is 25.1 Å². The van der Waals surface area contributed by atoms with E-state index >= 15 is 0 Å². The number of fused-ring (bicyclic) bond motifs is 1. The summed E-state index contributed by atoms with van der Waals surface area (Å²) in [6.07, 6.45) is 7.98. The van der Waals surface area contributed by atoms with E-state index in [1.54, 1.807) is 0 Å². The van der Waals surface area contributed by atoms with Crippen LogP contribution >= 0.6 is 0 Å². The standard InChI is InChI=1S/C16H16O2/c1-12-7-8-16(13-5-3-2-4-6-13)15(9-12,18-16)10-14-11-17-14/h2-9,14H,10-11H2,1H3. The Morgan fingerprint density at radius 1 is 1.28 bits per heavy atom. The van der Waals surface area contributed by atoms with Crippen LogP contribution in [-0.4, -0.2) is 18.3 Å². The summed E-state index contributed by atoms with van der Waals surface area (Å²) in [5.74, 6) is 0. The van der Waals surface area contributed by atoms with Gasteiger partial charge in [-0.1, -0.05) is 42.0 Å². The second-order valence-corrected chi connectivity index (χ2v) is 5.47. The maximum atomic E-state index is 6.22. The molecule has 1 aliphatic carbocycles. The molecule has 2 aliphatic heterocycles. The molecule has 1 aromatic rings. The fourth-order valence-electron chi connectivity index (χ4n) is 3.10. The third-order valence-electron chi connectivity index (χ3n) is 4.11. The average Bonchev–Trinajstić information content (AvgIpc) is 3.27. The zero-order valence-electron chi connectivity index (χ0n) is 10.4. The molecule has 2 fully saturated rings. The van der Waals surface area contributed by atoms with Crippen LogP contribution in [-0.2, 0) is 15.1 Å². The lowest BCUT2D eigenvalue weighted by Crippen LogP contribution is -2.25. The summed E-state index contributed by atoms with van der Waals surface area (Å²) < 4.78 is 11.6. The molecule has 18 heavy (non-hydrogen) atoms. The zero-order valence-corrected chi connectivity index (χ0v) is 10.4. The van der Waals surface area contributed by atoms with E-state index in [9.17, 15) is 0 Å². The summed E-state index contributed by atoms with van der Waals surface area (Å²) in [6.45, 7) is 3.01. The van der Waals surface area contributed by atoms with Crippen LogP contribution in [0.5, 0.6) is 0 Å². The van der Waals surface area contributed by atoms with E-state index in [1.807, 2.05) is 6.07 Å². The second kappa shape index (κ2) is 3.34. The molecule has 1 aromatic carbocycles. The molecule has 4 rings (SSSR count). The maximum Gasteiger partial charge on any atom is 0.145 e. The second-order valence-electron chi connectivity index (χ2n) is 5.47. The van der Waals surface area contributed by atoms with Gasteiger partial charge in [0, 0.05) is 6.42 Å². The highest BCUT2D eigenvalue weighted by molar-refractivity contribution is 5.49. The van der Waals surface area contributed by atoms with E-state index in [-0.39, 0.29) is 11.2 Å². The Labute approximate surface area is 107 Å². The Bertz CT molecular complexity index is 541. The molecular formula is C16H16O2. The molecule has 2 nitrogen and oxygen atoms in total. The van der Waals surface area contributed by atoms with Crippen molar-refractivity contribution in [3.8, 4) is 0 Å². The van der Waals surface area contributed by atoms with Gasteiger partial charge in [0.2, 0.25) is 0 Å². The van der Waals surface area contributed by atoms with Gasteiger partial charge in [0.1, 0.15) is 11.2 Å². The molecule has 0 N–H and O–H groups in total. The summed E-state index contributed by atoms with van der Waals surface area (Å²) >= 11 is 0. The van der Waals surface area contributed by atoms with Gasteiger partial charge >= 0.3 is 0 Å². The first-order chi connectivity index (χ1) is 8.74. The first-order valence-corrected chi connectivity index (χ1v) is 6.50. The minimum Gasteiger partial charge on any atom is -0.373 e. The van der Waals surface area contributed by atoms with Crippen molar-refractivity contribution in [3.63, 3.8) is 0 Å². The van der Waals surface area contributed by atoms with Crippen molar-refractivity contribution in [2.24, 2.45) is 0 Å². The molecule has 2 heterocycles. The van der Waals surface area contributed by atoms with Crippen LogP contribution in [0.4, 0.5) is 0 Å². The van der Waals surface area contributed by atoms with E-state index < -0.39 is 0 Å². The summed E-state index contributed by atoms with van der Waals surface area (Å²) in [5.41, 5.74) is 2.10. The summed E-state index contributed by atoms with van der Waals surface area (Å²) in [7, 11) is 0. The van der Waals surface area contributed by atoms with Crippen LogP contribution < -0.4 is 0 Å². The van der Waals surface area contributed by atoms with Crippen molar-refractivity contribution in [1.29, 1.82) is 0 Å². The van der Waals surface area contributed by atoms with Gasteiger partial charge in [0.05, 0.1) is 12.7 Å². The van der Waals surface area contributed by atoms with Crippen molar-refractivity contribution < 1.29 is 9.47 Å². The van der Waals surface area contributed by atoms with E-state index in [0.29, 0.717) is 6.10 Å². The lowest BCUT2D eigenvalue weighted by molar-refractivity contribution is 0.280. The smallest absolute Gasteiger partial charge is 0.145 e. The SMILES string of the molecule is CC1=CC2(CC3CO3)OC2(c2ccccc2)C=C1. The van der Waals surface area contributed by atoms with Gasteiger partial charge in [-0.3, -0.25) is 0 Å². The lowest BCUT2D eigenvalue weighted by atomic mass is 9.79. The molecule has 92 valence electrons. The highest BCUT2D eigenvalue weighted by Crippen LogP contribution is 2.62. The van der Waals surface area contributed by atoms with Crippen molar-refractivity contribution in [2.75, 3.05) is 6.61 Å². The number of epoxide rings is 2. The number of benzene rings is 1. The van der Waals surface area contributed by atoms with E-state index in [1.165, 1.54) is 11.1 Å². The minimum absolute atomic E-state index is 0.172. The fraction of sp³-hybridized carbons (Fsp3) is 0.375. The third-order valence-corrected chi connectivity index (χ3v) is 4.11. The maximum absolute atomic E-state index is 6.22. The number of hydrogen-bond acceptors (Lipinski definition) is 2. The molecule has 3 unspecified atom stereocenters. The van der Waals surface area contributed by atoms with Gasteiger partial charge in [-0.2, -0.15) is 0 Å². The van der Waals surface area contributed by atoms with Crippen molar-refractivity contribution in [1.82, 2.24) is 0 Å². The van der Waals surface area contributed by atoms with Crippen LogP contribution in [0.2, 0.25) is 0 Å². The normalized spacial score (nSPS) is 40.1. The molecule has 2 saturated heterocycles. The van der Waals surface area contributed by atoms with Crippen LogP contribution in [0.25, 0.3) is 0 Å². The van der Waals surface area contributed by atoms with E-state index in [2.05, 4.69) is 49.4 Å². The van der Waals surface area contributed by atoms with Crippen LogP contribution in [0.1, 0.15) is 18.9 Å². The molecule has 0 bridgehead atoms. The number of allylic oxidation sites excluding steroid dienone is 2. The van der Waals surface area contributed by atoms with Gasteiger partial charge in [-0.15, -0.1) is 0 Å². The molecule has 0 spiro atoms. The monoisotopic (exact) mass is 240 g/mol. The van der Waals surface area contributed by atoms with Crippen LogP contribution in [0, 0.1) is 0 Å². The quantitative estimate of drug-likeness (QED) is 0.759. The van der Waals surface area contributed by atoms with Crippen molar-refractivity contribution in [2.45, 2.75) is 30.7 Å². The molecule has 0 aromatic heterocycles. The zero-order chi connectivity index (χ0) is 12.2. The Morgan fingerprint density at radius 2 is 2.06 bits per heavy atom. The van der Waals surface area contributed by atoms with Gasteiger partial charge < -0.3 is 9.47 Å². The minimum atomic E-state index is -0.250. The molecule has 0 radical (unpaired) electrons. The van der Waals surface area contributed by atoms with Crippen LogP contribution in [0.15, 0.2) is 54.1 Å². The van der Waals surface area contributed by atoms with Crippen molar-refractivity contribution >= 4 is 0 Å². The van der Waals surface area contributed by atoms with Gasteiger partial charge in [0.15, 0.2) is 0 Å². The summed E-state index contributed by atoms with van der Waals surface area (Å²) in [4.78, 5) is 0. The number of hydrogen-bond donors (Lipinski definition) is 0. The Kier molecular flexibility index (Phi) is 1.95. The van der Waals surface area contributed by atoms with E-state index in [4.69, 9.17) is 9.47 Å². The fourth-order valence-corrected chi connectivity index (χ4v) is 3.10. The van der Waals surface area contributed by atoms with E-state index in [0.717, 1.165) is 13.0 Å². The van der Waals surface area contributed by atoms with Gasteiger partial charge in [-0.05, 0) is 24.6 Å². The number of ether oxygens (including phenoxy) is 2. The summed E-state index contributed by atoms with van der Waals surface area (Å²) in [6, 6.07) is 10.5. The molecular weight excluding hydrogens is 224 g/mol. The predicted molar refractivity (Wildman–Crippen MR) is 69.2 cm³/mol. The highest BCUT2D eigenvalue weighted by Gasteiger charge is 2.70. The Morgan fingerprint density at radius 3 is 2.78 bits per heavy atom. The van der Waals surface area contributed by atoms with Crippen LogP contribution in [0.3, 0.4) is 0 Å². The molecule has 3 aliphatic rings. The average molecular weight is 240 g/mol. The van der Waals surface area contributed by atoms with Crippen molar-refractivity contribution in [3.05, 3.63) is 59.7 Å². The third kappa shape index (κ3) is 1.36. The molecule has 0 saturated carbocycles. The predicted octanol–water partition coefficient (Wildman–Crippen LogP) is 2.96. The first kappa shape index (κ1) is 10.5. The Balaban J connectivity index is 1.75. The summed E-state index contributed by atoms with van der Waals surface area (Å²) in [5, 5.41) is 0. The van der Waals surface area contributed by atoms with Gasteiger partial charge in [-0.25, -0.2) is 0 Å². The first-order valence-electron chi connectivity index (χ1n) is 6.50. The Hall–Kier alpha value is -1.38. The van der Waals surface area contributed by atoms with Gasteiger partial charge in [0.25, 0.3) is 0 Å². The largest absolute Gasteiger partial charge is 0.373 e. The lowest BCUT2D eigenvalue weighted by Gasteiger charge is -2.18. The highest BCUT2D eigenvalue weighted by atomic mass is 16.6. The number of rotatable bonds is 3. The molecule has 3 atom stereocenters. The molecule has 2 heteroatoms. The molecule has 0 amide bonds.